The number of nitrogens with one attached hydrogen (secondary N) is 1. The molecule has 152 valence electrons. The Morgan fingerprint density at radius 3 is 2.75 bits per heavy atom. The highest BCUT2D eigenvalue weighted by Crippen LogP contribution is 2.34. The predicted octanol–water partition coefficient (Wildman–Crippen LogP) is 2.03. The minimum Gasteiger partial charge on any atom is -0.467 e. The van der Waals surface area contributed by atoms with Gasteiger partial charge in [-0.3, -0.25) is 9.59 Å². The molecule has 28 heavy (non-hydrogen) atoms. The lowest BCUT2D eigenvalue weighted by molar-refractivity contribution is -0.156. The van der Waals surface area contributed by atoms with Crippen molar-refractivity contribution in [3.05, 3.63) is 35.9 Å². The van der Waals surface area contributed by atoms with Gasteiger partial charge in [-0.1, -0.05) is 30.3 Å². The molecular formula is C20H26N2O4S2. The van der Waals surface area contributed by atoms with Crippen LogP contribution in [0.2, 0.25) is 0 Å². The van der Waals surface area contributed by atoms with Crippen LogP contribution in [-0.2, 0) is 25.5 Å². The summed E-state index contributed by atoms with van der Waals surface area (Å²) in [4.78, 5) is 39.7. The summed E-state index contributed by atoms with van der Waals surface area (Å²) in [6.45, 7) is 0. The summed E-state index contributed by atoms with van der Waals surface area (Å²) in [7, 11) is 1.34. The van der Waals surface area contributed by atoms with Gasteiger partial charge in [0.25, 0.3) is 0 Å². The van der Waals surface area contributed by atoms with Crippen LogP contribution >= 0.6 is 24.4 Å². The van der Waals surface area contributed by atoms with Crippen molar-refractivity contribution in [1.82, 2.24) is 10.2 Å². The van der Waals surface area contributed by atoms with E-state index >= 15 is 0 Å². The Labute approximate surface area is 175 Å². The molecule has 2 aliphatic heterocycles. The maximum atomic E-state index is 13.2. The van der Waals surface area contributed by atoms with Gasteiger partial charge in [0.1, 0.15) is 12.1 Å². The number of piperidine rings is 1. The Morgan fingerprint density at radius 1 is 1.29 bits per heavy atom. The van der Waals surface area contributed by atoms with Gasteiger partial charge in [0.05, 0.1) is 17.7 Å². The Balaban J connectivity index is 1.68. The Hall–Kier alpha value is -1.67. The molecule has 8 heteroatoms. The zero-order chi connectivity index (χ0) is 20.1. The summed E-state index contributed by atoms with van der Waals surface area (Å²) < 4.78 is 4.91. The van der Waals surface area contributed by atoms with Crippen LogP contribution in [0.15, 0.2) is 30.3 Å². The largest absolute Gasteiger partial charge is 0.467 e. The van der Waals surface area contributed by atoms with Gasteiger partial charge in [-0.2, -0.15) is 12.6 Å². The topological polar surface area (TPSA) is 75.7 Å². The maximum Gasteiger partial charge on any atom is 0.328 e. The fraction of sp³-hybridized carbons (Fsp3) is 0.550. The lowest BCUT2D eigenvalue weighted by Crippen LogP contribution is -2.58. The number of ether oxygens (including phenoxy) is 1. The highest BCUT2D eigenvalue weighted by Gasteiger charge is 2.43. The first kappa shape index (κ1) is 21.0. The van der Waals surface area contributed by atoms with Crippen molar-refractivity contribution in [2.45, 2.75) is 54.8 Å². The van der Waals surface area contributed by atoms with E-state index in [0.717, 1.165) is 24.2 Å². The van der Waals surface area contributed by atoms with Crippen LogP contribution in [0.4, 0.5) is 0 Å². The fourth-order valence-electron chi connectivity index (χ4n) is 3.75. The molecule has 4 atom stereocenters. The van der Waals surface area contributed by atoms with Crippen LogP contribution in [0.5, 0.6) is 0 Å². The minimum atomic E-state index is -0.638. The first-order valence-corrected chi connectivity index (χ1v) is 11.1. The Morgan fingerprint density at radius 2 is 2.04 bits per heavy atom. The number of rotatable bonds is 5. The third kappa shape index (κ3) is 4.84. The minimum absolute atomic E-state index is 0.0385. The molecule has 3 rings (SSSR count). The Bertz CT molecular complexity index is 715. The summed E-state index contributed by atoms with van der Waals surface area (Å²) >= 11 is 6.11. The second-order valence-electron chi connectivity index (χ2n) is 7.10. The van der Waals surface area contributed by atoms with Crippen molar-refractivity contribution in [2.24, 2.45) is 0 Å². The van der Waals surface area contributed by atoms with E-state index < -0.39 is 17.3 Å². The monoisotopic (exact) mass is 422 g/mol. The molecule has 0 radical (unpaired) electrons. The van der Waals surface area contributed by atoms with E-state index in [0.29, 0.717) is 19.3 Å². The van der Waals surface area contributed by atoms with Crippen molar-refractivity contribution in [2.75, 3.05) is 12.9 Å². The first-order chi connectivity index (χ1) is 13.5. The van der Waals surface area contributed by atoms with Crippen molar-refractivity contribution in [3.8, 4) is 0 Å². The molecule has 2 saturated heterocycles. The second-order valence-corrected chi connectivity index (χ2v) is 9.01. The van der Waals surface area contributed by atoms with E-state index in [-0.39, 0.29) is 23.2 Å². The van der Waals surface area contributed by atoms with Gasteiger partial charge in [0.2, 0.25) is 11.8 Å². The first-order valence-electron chi connectivity index (χ1n) is 9.55. The number of carbonyl (C=O) groups is 3. The molecule has 2 aliphatic rings. The van der Waals surface area contributed by atoms with Crippen LogP contribution < -0.4 is 5.32 Å². The number of carbonyl (C=O) groups excluding carboxylic acids is 3. The van der Waals surface area contributed by atoms with E-state index in [1.807, 2.05) is 30.3 Å². The van der Waals surface area contributed by atoms with Gasteiger partial charge in [-0.25, -0.2) is 4.79 Å². The molecule has 1 aromatic rings. The molecule has 2 heterocycles. The summed E-state index contributed by atoms with van der Waals surface area (Å²) in [6.07, 6.45) is 3.37. The molecule has 0 bridgehead atoms. The van der Waals surface area contributed by atoms with Crippen LogP contribution in [0, 0.1) is 0 Å². The van der Waals surface area contributed by atoms with Crippen LogP contribution in [0.25, 0.3) is 0 Å². The number of thioether (sulfide) groups is 1. The molecule has 2 amide bonds. The van der Waals surface area contributed by atoms with Gasteiger partial charge in [-0.15, -0.1) is 11.8 Å². The number of thiol groups is 1. The summed E-state index contributed by atoms with van der Waals surface area (Å²) in [6, 6.07) is 8.45. The highest BCUT2D eigenvalue weighted by atomic mass is 32.2. The third-order valence-electron chi connectivity index (χ3n) is 5.21. The smallest absolute Gasteiger partial charge is 0.328 e. The quantitative estimate of drug-likeness (QED) is 0.561. The number of amides is 2. The van der Waals surface area contributed by atoms with Gasteiger partial charge in [0, 0.05) is 0 Å². The number of esters is 1. The lowest BCUT2D eigenvalue weighted by Gasteiger charge is -2.40. The molecule has 0 aliphatic carbocycles. The molecular weight excluding hydrogens is 396 g/mol. The van der Waals surface area contributed by atoms with Crippen LogP contribution in [0.3, 0.4) is 0 Å². The predicted molar refractivity (Wildman–Crippen MR) is 112 cm³/mol. The van der Waals surface area contributed by atoms with Crippen molar-refractivity contribution in [1.29, 1.82) is 0 Å². The normalized spacial score (nSPS) is 26.0. The van der Waals surface area contributed by atoms with Crippen LogP contribution in [-0.4, -0.2) is 58.3 Å². The average Bonchev–Trinajstić information content (AvgIpc) is 2.87. The third-order valence-corrected chi connectivity index (χ3v) is 6.94. The van der Waals surface area contributed by atoms with E-state index in [1.165, 1.54) is 7.11 Å². The van der Waals surface area contributed by atoms with Crippen molar-refractivity contribution in [3.63, 3.8) is 0 Å². The average molecular weight is 423 g/mol. The fourth-order valence-corrected chi connectivity index (χ4v) is 5.42. The number of methoxy groups -OCH3 is 1. The van der Waals surface area contributed by atoms with Crippen LogP contribution in [0.1, 0.15) is 31.2 Å². The molecule has 0 spiro atoms. The van der Waals surface area contributed by atoms with Gasteiger partial charge in [0.15, 0.2) is 0 Å². The van der Waals surface area contributed by atoms with E-state index in [2.05, 4.69) is 17.9 Å². The molecule has 2 fully saturated rings. The van der Waals surface area contributed by atoms with E-state index in [9.17, 15) is 14.4 Å². The molecule has 0 saturated carbocycles. The second kappa shape index (κ2) is 9.69. The number of hydrogen-bond acceptors (Lipinski definition) is 6. The number of nitrogens with zero attached hydrogens (tertiary/aromatic N) is 1. The van der Waals surface area contributed by atoms with E-state index in [1.54, 1.807) is 16.7 Å². The van der Waals surface area contributed by atoms with E-state index in [4.69, 9.17) is 4.74 Å². The SMILES string of the molecule is COC(=O)[C@@H]1CCCC2SCC[C@H](NC(=O)C(S)Cc3ccccc3)C(=O)N21. The molecule has 6 nitrogen and oxygen atoms in total. The molecule has 0 aromatic heterocycles. The lowest BCUT2D eigenvalue weighted by atomic mass is 10.00. The summed E-state index contributed by atoms with van der Waals surface area (Å²) in [5.74, 6) is -0.0946. The highest BCUT2D eigenvalue weighted by molar-refractivity contribution is 7.99. The number of hydrogen-bond donors (Lipinski definition) is 2. The molecule has 2 unspecified atom stereocenters. The molecule has 1 N–H and O–H groups in total. The molecule has 1 aromatic carbocycles. The van der Waals surface area contributed by atoms with Gasteiger partial charge >= 0.3 is 5.97 Å². The summed E-state index contributed by atoms with van der Waals surface area (Å²) in [5.41, 5.74) is 1.02. The Kier molecular flexibility index (Phi) is 7.29. The van der Waals surface area contributed by atoms with Crippen molar-refractivity contribution >= 4 is 42.2 Å². The van der Waals surface area contributed by atoms with Crippen molar-refractivity contribution < 1.29 is 19.1 Å². The number of fused-ring (bicyclic) bond motifs is 1. The maximum absolute atomic E-state index is 13.2. The standard InChI is InChI=1S/C20H26N2O4S2/c1-26-20(25)15-8-5-9-17-22(15)19(24)14(10-11-28-17)21-18(23)16(27)12-13-6-3-2-4-7-13/h2-4,6-7,14-17,27H,5,8-12H2,1H3,(H,21,23)/t14-,15-,16?,17?/m0/s1. The van der Waals surface area contributed by atoms with Gasteiger partial charge in [-0.05, 0) is 43.4 Å². The number of benzene rings is 1. The summed E-state index contributed by atoms with van der Waals surface area (Å²) in [5, 5.41) is 2.29. The van der Waals surface area contributed by atoms with Gasteiger partial charge < -0.3 is 15.0 Å². The zero-order valence-electron chi connectivity index (χ0n) is 15.9. The zero-order valence-corrected chi connectivity index (χ0v) is 17.6.